The molecule has 0 unspecified atom stereocenters. The van der Waals surface area contributed by atoms with Crippen molar-refractivity contribution in [1.82, 2.24) is 0 Å². The van der Waals surface area contributed by atoms with Gasteiger partial charge >= 0.3 is 23.9 Å². The minimum Gasteiger partial charge on any atom is -0.462 e. The molecule has 0 N–H and O–H groups in total. The molecule has 34 heavy (non-hydrogen) atoms. The molecule has 0 bridgehead atoms. The van der Waals surface area contributed by atoms with Crippen LogP contribution in [-0.2, 0) is 47.6 Å². The number of fused-ring (bicyclic) bond motifs is 2. The van der Waals surface area contributed by atoms with E-state index >= 15 is 0 Å². The van der Waals surface area contributed by atoms with E-state index in [4.69, 9.17) is 28.4 Å². The average molecular weight is 483 g/mol. The Labute approximate surface area is 199 Å². The van der Waals surface area contributed by atoms with E-state index in [0.717, 1.165) is 0 Å². The maximum atomic E-state index is 12.6. The first-order valence-electron chi connectivity index (χ1n) is 11.6. The molecule has 2 aliphatic heterocycles. The molecule has 0 aromatic carbocycles. The molecule has 0 amide bonds. The van der Waals surface area contributed by atoms with Crippen LogP contribution in [0, 0.1) is 23.7 Å². The molecule has 3 rings (SSSR count). The van der Waals surface area contributed by atoms with Gasteiger partial charge in [-0.2, -0.15) is 0 Å². The summed E-state index contributed by atoms with van der Waals surface area (Å²) in [5.41, 5.74) is -0.176. The normalized spacial score (nSPS) is 30.2. The van der Waals surface area contributed by atoms with E-state index in [0.29, 0.717) is 18.6 Å². The minimum atomic E-state index is -1.03. The highest BCUT2D eigenvalue weighted by Crippen LogP contribution is 2.57. The fourth-order valence-corrected chi connectivity index (χ4v) is 4.70. The van der Waals surface area contributed by atoms with Crippen LogP contribution in [-0.4, -0.2) is 61.2 Å². The second kappa shape index (κ2) is 10.3. The first-order chi connectivity index (χ1) is 15.9. The van der Waals surface area contributed by atoms with Gasteiger partial charge in [0.15, 0.2) is 0 Å². The first-order valence-corrected chi connectivity index (χ1v) is 11.6. The third kappa shape index (κ3) is 5.71. The van der Waals surface area contributed by atoms with Crippen molar-refractivity contribution in [2.24, 2.45) is 23.7 Å². The molecule has 1 aliphatic carbocycles. The fraction of sp³-hybridized carbons (Fsp3) is 0.750. The summed E-state index contributed by atoms with van der Waals surface area (Å²) in [6.07, 6.45) is -0.408. The first kappa shape index (κ1) is 26.0. The van der Waals surface area contributed by atoms with E-state index in [1.165, 1.54) is 20.1 Å². The van der Waals surface area contributed by atoms with Gasteiger partial charge in [-0.15, -0.1) is 0 Å². The molecule has 6 atom stereocenters. The molecule has 0 radical (unpaired) electrons. The second-order valence-electron chi connectivity index (χ2n) is 9.88. The number of epoxide rings is 1. The highest BCUT2D eigenvalue weighted by molar-refractivity contribution is 5.79. The Morgan fingerprint density at radius 3 is 2.29 bits per heavy atom. The lowest BCUT2D eigenvalue weighted by Crippen LogP contribution is -2.45. The van der Waals surface area contributed by atoms with Crippen molar-refractivity contribution in [3.8, 4) is 0 Å². The number of ether oxygens (including phenoxy) is 6. The highest BCUT2D eigenvalue weighted by atomic mass is 16.7. The quantitative estimate of drug-likeness (QED) is 0.274. The lowest BCUT2D eigenvalue weighted by atomic mass is 9.83. The molecule has 0 aromatic heterocycles. The summed E-state index contributed by atoms with van der Waals surface area (Å²) in [5.74, 6) is -2.92. The van der Waals surface area contributed by atoms with Crippen molar-refractivity contribution in [2.45, 2.75) is 78.5 Å². The zero-order valence-corrected chi connectivity index (χ0v) is 20.5. The lowest BCUT2D eigenvalue weighted by molar-refractivity contribution is -0.192. The van der Waals surface area contributed by atoms with Crippen LogP contribution < -0.4 is 0 Å². The molecular formula is C24H34O10. The summed E-state index contributed by atoms with van der Waals surface area (Å²) in [7, 11) is 0. The number of rotatable bonds is 9. The number of hydrogen-bond donors (Lipinski definition) is 0. The monoisotopic (exact) mass is 482 g/mol. The van der Waals surface area contributed by atoms with Crippen molar-refractivity contribution >= 4 is 23.9 Å². The molecule has 1 saturated carbocycles. The minimum absolute atomic E-state index is 0.111. The van der Waals surface area contributed by atoms with Crippen molar-refractivity contribution < 1.29 is 47.6 Å². The standard InChI is InChI=1S/C24H34O10/c1-12(2)7-19(27)34-23-20-17(8-18(32-14(5)25)24(20)11-31-24)16(10-30-23)9-29-22(28)21(13(3)4)33-15(6)26/h10,12-13,17-18,20-21,23H,7-9,11H2,1-6H3/t17-,18+,20-,21-,23+,24-/m1/s1. The van der Waals surface area contributed by atoms with Crippen molar-refractivity contribution in [3.63, 3.8) is 0 Å². The van der Waals surface area contributed by atoms with Gasteiger partial charge < -0.3 is 28.4 Å². The average Bonchev–Trinajstić information content (AvgIpc) is 3.44. The third-order valence-corrected chi connectivity index (χ3v) is 6.25. The third-order valence-electron chi connectivity index (χ3n) is 6.25. The number of carbonyl (C=O) groups is 4. The van der Waals surface area contributed by atoms with E-state index in [9.17, 15) is 19.2 Å². The van der Waals surface area contributed by atoms with Gasteiger partial charge in [-0.1, -0.05) is 27.7 Å². The maximum absolute atomic E-state index is 12.6. The highest BCUT2D eigenvalue weighted by Gasteiger charge is 2.70. The Morgan fingerprint density at radius 2 is 1.76 bits per heavy atom. The zero-order chi connectivity index (χ0) is 25.2. The topological polar surface area (TPSA) is 127 Å². The van der Waals surface area contributed by atoms with Crippen LogP contribution in [0.25, 0.3) is 0 Å². The van der Waals surface area contributed by atoms with Crippen molar-refractivity contribution in [3.05, 3.63) is 11.8 Å². The summed E-state index contributed by atoms with van der Waals surface area (Å²) in [6.45, 7) is 10.1. The van der Waals surface area contributed by atoms with Gasteiger partial charge in [-0.3, -0.25) is 14.4 Å². The number of hydrogen-bond acceptors (Lipinski definition) is 10. The Hall–Kier alpha value is -2.62. The van der Waals surface area contributed by atoms with E-state index in [-0.39, 0.29) is 30.8 Å². The van der Waals surface area contributed by atoms with E-state index < -0.39 is 53.9 Å². The molecule has 2 heterocycles. The fourth-order valence-electron chi connectivity index (χ4n) is 4.70. The molecule has 3 aliphatic rings. The van der Waals surface area contributed by atoms with E-state index in [1.807, 2.05) is 13.8 Å². The van der Waals surface area contributed by atoms with Crippen LogP contribution in [0.4, 0.5) is 0 Å². The Balaban J connectivity index is 1.77. The van der Waals surface area contributed by atoms with Crippen LogP contribution in [0.15, 0.2) is 11.8 Å². The smallest absolute Gasteiger partial charge is 0.348 e. The maximum Gasteiger partial charge on any atom is 0.348 e. The second-order valence-corrected chi connectivity index (χ2v) is 9.88. The van der Waals surface area contributed by atoms with Gasteiger partial charge in [-0.25, -0.2) is 4.79 Å². The molecule has 2 fully saturated rings. The summed E-state index contributed by atoms with van der Waals surface area (Å²) < 4.78 is 33.3. The molecule has 10 nitrogen and oxygen atoms in total. The molecule has 1 saturated heterocycles. The van der Waals surface area contributed by atoms with Gasteiger partial charge in [0.05, 0.1) is 18.8 Å². The van der Waals surface area contributed by atoms with Gasteiger partial charge in [0.1, 0.15) is 18.3 Å². The van der Waals surface area contributed by atoms with Crippen LogP contribution >= 0.6 is 0 Å². The van der Waals surface area contributed by atoms with Gasteiger partial charge in [0.2, 0.25) is 12.4 Å². The Bertz CT molecular complexity index is 841. The predicted molar refractivity (Wildman–Crippen MR) is 116 cm³/mol. The summed E-state index contributed by atoms with van der Waals surface area (Å²) in [5, 5.41) is 0. The number of esters is 4. The summed E-state index contributed by atoms with van der Waals surface area (Å²) >= 11 is 0. The Kier molecular flexibility index (Phi) is 7.90. The molecule has 1 spiro atoms. The van der Waals surface area contributed by atoms with E-state index in [2.05, 4.69) is 0 Å². The SMILES string of the molecule is CC(=O)O[C@H]1C[C@@H]2C(COC(=O)[C@H](OC(C)=O)C(C)C)=CO[C@@H](OC(=O)CC(C)C)[C@@H]2[C@@]12CO2. The van der Waals surface area contributed by atoms with Gasteiger partial charge in [0.25, 0.3) is 0 Å². The van der Waals surface area contributed by atoms with Crippen LogP contribution in [0.3, 0.4) is 0 Å². The molecule has 0 aromatic rings. The molecule has 10 heteroatoms. The lowest BCUT2D eigenvalue weighted by Gasteiger charge is -2.35. The number of carbonyl (C=O) groups excluding carboxylic acids is 4. The molecule has 190 valence electrons. The van der Waals surface area contributed by atoms with Gasteiger partial charge in [-0.05, 0) is 12.3 Å². The van der Waals surface area contributed by atoms with Crippen molar-refractivity contribution in [2.75, 3.05) is 13.2 Å². The Morgan fingerprint density at radius 1 is 1.09 bits per heavy atom. The van der Waals surface area contributed by atoms with Crippen molar-refractivity contribution in [1.29, 1.82) is 0 Å². The zero-order valence-electron chi connectivity index (χ0n) is 20.5. The van der Waals surface area contributed by atoms with Crippen LogP contribution in [0.2, 0.25) is 0 Å². The largest absolute Gasteiger partial charge is 0.462 e. The molecular weight excluding hydrogens is 448 g/mol. The van der Waals surface area contributed by atoms with Crippen LogP contribution in [0.1, 0.15) is 54.4 Å². The predicted octanol–water partition coefficient (Wildman–Crippen LogP) is 2.28. The van der Waals surface area contributed by atoms with Gasteiger partial charge in [0, 0.05) is 37.7 Å². The summed E-state index contributed by atoms with van der Waals surface area (Å²) in [6, 6.07) is 0. The van der Waals surface area contributed by atoms with E-state index in [1.54, 1.807) is 13.8 Å². The summed E-state index contributed by atoms with van der Waals surface area (Å²) in [4.78, 5) is 48.0. The van der Waals surface area contributed by atoms with Crippen LogP contribution in [0.5, 0.6) is 0 Å².